The number of pyridine rings is 1. The standard InChI is InChI=1S/C14H21N5/c15-11-8-12(19-14-13(11)17-9-18-14)16-7-6-10-4-2-1-3-5-10/h8-10H,1-7H2,(H4,15,16,17,18,19). The summed E-state index contributed by atoms with van der Waals surface area (Å²) in [5.74, 6) is 1.72. The largest absolute Gasteiger partial charge is 0.397 e. The number of imidazole rings is 1. The third-order valence-corrected chi connectivity index (χ3v) is 4.00. The maximum absolute atomic E-state index is 5.95. The number of fused-ring (bicyclic) bond motifs is 1. The molecule has 0 bridgehead atoms. The van der Waals surface area contributed by atoms with E-state index in [1.54, 1.807) is 6.33 Å². The first-order valence-corrected chi connectivity index (χ1v) is 7.16. The molecule has 5 heteroatoms. The predicted octanol–water partition coefficient (Wildman–Crippen LogP) is 2.92. The molecule has 1 fully saturated rings. The molecule has 0 saturated heterocycles. The predicted molar refractivity (Wildman–Crippen MR) is 78.0 cm³/mol. The summed E-state index contributed by atoms with van der Waals surface area (Å²) in [6, 6.07) is 1.87. The molecule has 0 radical (unpaired) electrons. The summed E-state index contributed by atoms with van der Waals surface area (Å²) in [4.78, 5) is 11.6. The Morgan fingerprint density at radius 2 is 2.16 bits per heavy atom. The fourth-order valence-electron chi connectivity index (χ4n) is 2.92. The highest BCUT2D eigenvalue weighted by atomic mass is 15.0. The molecule has 3 rings (SSSR count). The van der Waals surface area contributed by atoms with E-state index in [1.165, 1.54) is 38.5 Å². The van der Waals surface area contributed by atoms with Gasteiger partial charge in [0.1, 0.15) is 11.3 Å². The number of rotatable bonds is 4. The van der Waals surface area contributed by atoms with Crippen molar-refractivity contribution in [3.8, 4) is 0 Å². The van der Waals surface area contributed by atoms with E-state index in [1.807, 2.05) is 6.07 Å². The molecule has 0 atom stereocenters. The van der Waals surface area contributed by atoms with Crippen LogP contribution in [0.25, 0.3) is 11.2 Å². The monoisotopic (exact) mass is 259 g/mol. The molecule has 102 valence electrons. The van der Waals surface area contributed by atoms with Crippen LogP contribution in [0.15, 0.2) is 12.4 Å². The molecule has 0 aromatic carbocycles. The molecule has 19 heavy (non-hydrogen) atoms. The number of nitrogens with two attached hydrogens (primary N) is 1. The van der Waals surface area contributed by atoms with Gasteiger partial charge in [0, 0.05) is 12.6 Å². The fraction of sp³-hybridized carbons (Fsp3) is 0.571. The van der Waals surface area contributed by atoms with Crippen molar-refractivity contribution in [2.75, 3.05) is 17.6 Å². The van der Waals surface area contributed by atoms with Gasteiger partial charge >= 0.3 is 0 Å². The molecule has 1 aliphatic carbocycles. The lowest BCUT2D eigenvalue weighted by Gasteiger charge is -2.21. The molecule has 4 N–H and O–H groups in total. The van der Waals surface area contributed by atoms with Crippen molar-refractivity contribution in [1.82, 2.24) is 15.0 Å². The zero-order chi connectivity index (χ0) is 13.1. The van der Waals surface area contributed by atoms with Crippen molar-refractivity contribution in [3.05, 3.63) is 12.4 Å². The molecule has 0 amide bonds. The van der Waals surface area contributed by atoms with Gasteiger partial charge in [-0.1, -0.05) is 32.1 Å². The summed E-state index contributed by atoms with van der Waals surface area (Å²) >= 11 is 0. The molecular weight excluding hydrogens is 238 g/mol. The Morgan fingerprint density at radius 3 is 3.00 bits per heavy atom. The van der Waals surface area contributed by atoms with Gasteiger partial charge in [0.2, 0.25) is 0 Å². The molecule has 1 aliphatic rings. The molecule has 0 aliphatic heterocycles. The van der Waals surface area contributed by atoms with Crippen LogP contribution in [0.5, 0.6) is 0 Å². The van der Waals surface area contributed by atoms with Crippen LogP contribution in [-0.4, -0.2) is 21.5 Å². The Bertz CT molecular complexity index is 542. The number of nitrogens with zero attached hydrogens (tertiary/aromatic N) is 2. The van der Waals surface area contributed by atoms with Crippen molar-refractivity contribution >= 4 is 22.7 Å². The summed E-state index contributed by atoms with van der Waals surface area (Å²) < 4.78 is 0. The first-order valence-electron chi connectivity index (χ1n) is 7.16. The summed E-state index contributed by atoms with van der Waals surface area (Å²) in [5, 5.41) is 3.38. The lowest BCUT2D eigenvalue weighted by Crippen LogP contribution is -2.12. The number of anilines is 2. The minimum Gasteiger partial charge on any atom is -0.397 e. The summed E-state index contributed by atoms with van der Waals surface area (Å²) in [7, 11) is 0. The van der Waals surface area contributed by atoms with E-state index >= 15 is 0 Å². The number of aromatic amines is 1. The lowest BCUT2D eigenvalue weighted by atomic mass is 9.87. The van der Waals surface area contributed by atoms with Crippen molar-refractivity contribution in [2.24, 2.45) is 5.92 Å². The van der Waals surface area contributed by atoms with E-state index in [0.29, 0.717) is 5.69 Å². The van der Waals surface area contributed by atoms with Crippen LogP contribution < -0.4 is 11.1 Å². The summed E-state index contributed by atoms with van der Waals surface area (Å²) in [5.41, 5.74) is 8.12. The number of nitrogens with one attached hydrogen (secondary N) is 2. The van der Waals surface area contributed by atoms with Gasteiger partial charge in [-0.15, -0.1) is 0 Å². The number of aromatic nitrogens is 3. The number of hydrogen-bond acceptors (Lipinski definition) is 4. The Hall–Kier alpha value is -1.78. The van der Waals surface area contributed by atoms with Crippen LogP contribution in [0.4, 0.5) is 11.5 Å². The first-order chi connectivity index (χ1) is 9.33. The number of nitrogen functional groups attached to an aromatic ring is 1. The summed E-state index contributed by atoms with van der Waals surface area (Å²) in [6.45, 7) is 0.969. The third kappa shape index (κ3) is 2.80. The van der Waals surface area contributed by atoms with Gasteiger partial charge in [-0.3, -0.25) is 0 Å². The van der Waals surface area contributed by atoms with Crippen molar-refractivity contribution in [2.45, 2.75) is 38.5 Å². The fourth-order valence-corrected chi connectivity index (χ4v) is 2.92. The van der Waals surface area contributed by atoms with Crippen LogP contribution in [-0.2, 0) is 0 Å². The Labute approximate surface area is 113 Å². The average molecular weight is 259 g/mol. The quantitative estimate of drug-likeness (QED) is 0.788. The smallest absolute Gasteiger partial charge is 0.161 e. The van der Waals surface area contributed by atoms with E-state index in [2.05, 4.69) is 20.3 Å². The lowest BCUT2D eigenvalue weighted by molar-refractivity contribution is 0.345. The molecule has 2 aromatic rings. The SMILES string of the molecule is Nc1cc(NCCC2CCCCC2)nc2[nH]cnc12. The van der Waals surface area contributed by atoms with E-state index in [0.717, 1.165) is 29.4 Å². The second-order valence-corrected chi connectivity index (χ2v) is 5.42. The highest BCUT2D eigenvalue weighted by Crippen LogP contribution is 2.26. The molecule has 2 heterocycles. The Morgan fingerprint density at radius 1 is 1.32 bits per heavy atom. The molecular formula is C14H21N5. The highest BCUT2D eigenvalue weighted by molar-refractivity contribution is 5.85. The molecule has 5 nitrogen and oxygen atoms in total. The van der Waals surface area contributed by atoms with Crippen molar-refractivity contribution < 1.29 is 0 Å². The Balaban J connectivity index is 1.58. The summed E-state index contributed by atoms with van der Waals surface area (Å²) in [6.07, 6.45) is 9.83. The molecule has 0 unspecified atom stereocenters. The number of H-pyrrole nitrogens is 1. The van der Waals surface area contributed by atoms with E-state index in [9.17, 15) is 0 Å². The topological polar surface area (TPSA) is 79.6 Å². The molecule has 0 spiro atoms. The van der Waals surface area contributed by atoms with Gasteiger partial charge in [-0.25, -0.2) is 9.97 Å². The van der Waals surface area contributed by atoms with Gasteiger partial charge in [0.15, 0.2) is 5.65 Å². The van der Waals surface area contributed by atoms with Gasteiger partial charge in [-0.05, 0) is 12.3 Å². The normalized spacial score (nSPS) is 16.8. The van der Waals surface area contributed by atoms with Gasteiger partial charge in [0.05, 0.1) is 12.0 Å². The van der Waals surface area contributed by atoms with Crippen molar-refractivity contribution in [3.63, 3.8) is 0 Å². The van der Waals surface area contributed by atoms with Crippen LogP contribution in [0, 0.1) is 5.92 Å². The third-order valence-electron chi connectivity index (χ3n) is 4.00. The maximum atomic E-state index is 5.95. The zero-order valence-corrected chi connectivity index (χ0v) is 11.2. The van der Waals surface area contributed by atoms with E-state index in [4.69, 9.17) is 5.73 Å². The first kappa shape index (κ1) is 12.3. The van der Waals surface area contributed by atoms with Crippen LogP contribution in [0.2, 0.25) is 0 Å². The maximum Gasteiger partial charge on any atom is 0.161 e. The van der Waals surface area contributed by atoms with E-state index < -0.39 is 0 Å². The molecule has 2 aromatic heterocycles. The van der Waals surface area contributed by atoms with Crippen LogP contribution >= 0.6 is 0 Å². The van der Waals surface area contributed by atoms with Crippen LogP contribution in [0.3, 0.4) is 0 Å². The van der Waals surface area contributed by atoms with E-state index in [-0.39, 0.29) is 0 Å². The minimum atomic E-state index is 0.673. The van der Waals surface area contributed by atoms with Gasteiger partial charge in [0.25, 0.3) is 0 Å². The van der Waals surface area contributed by atoms with Crippen LogP contribution in [0.1, 0.15) is 38.5 Å². The van der Waals surface area contributed by atoms with Gasteiger partial charge < -0.3 is 16.0 Å². The Kier molecular flexibility index (Phi) is 3.53. The zero-order valence-electron chi connectivity index (χ0n) is 11.2. The number of hydrogen-bond donors (Lipinski definition) is 3. The van der Waals surface area contributed by atoms with Gasteiger partial charge in [-0.2, -0.15) is 0 Å². The second-order valence-electron chi connectivity index (χ2n) is 5.42. The molecule has 1 saturated carbocycles. The van der Waals surface area contributed by atoms with Crippen molar-refractivity contribution in [1.29, 1.82) is 0 Å². The highest BCUT2D eigenvalue weighted by Gasteiger charge is 2.13. The minimum absolute atomic E-state index is 0.673. The second kappa shape index (κ2) is 5.47. The average Bonchev–Trinajstić information content (AvgIpc) is 2.89.